The smallest absolute Gasteiger partial charge is 0.222 e. The van der Waals surface area contributed by atoms with Crippen LogP contribution in [0.4, 0.5) is 0 Å². The Bertz CT molecular complexity index is 404. The molecular weight excluding hydrogens is 240 g/mol. The van der Waals surface area contributed by atoms with Gasteiger partial charge in [0.1, 0.15) is 0 Å². The van der Waals surface area contributed by atoms with Crippen LogP contribution >= 0.6 is 0 Å². The average Bonchev–Trinajstić information content (AvgIpc) is 3.24. The second-order valence-corrected chi connectivity index (χ2v) is 5.35. The van der Waals surface area contributed by atoms with E-state index in [9.17, 15) is 9.90 Å². The summed E-state index contributed by atoms with van der Waals surface area (Å²) in [4.78, 5) is 17.8. The van der Waals surface area contributed by atoms with E-state index in [0.717, 1.165) is 31.4 Å². The quantitative estimate of drug-likeness (QED) is 0.812. The Morgan fingerprint density at radius 2 is 2.32 bits per heavy atom. The van der Waals surface area contributed by atoms with Gasteiger partial charge in [-0.1, -0.05) is 6.07 Å². The van der Waals surface area contributed by atoms with Crippen LogP contribution in [0.25, 0.3) is 0 Å². The molecule has 19 heavy (non-hydrogen) atoms. The second-order valence-electron chi connectivity index (χ2n) is 5.35. The number of aromatic nitrogens is 1. The highest BCUT2D eigenvalue weighted by Crippen LogP contribution is 2.32. The monoisotopic (exact) mass is 262 g/mol. The molecule has 0 bridgehead atoms. The summed E-state index contributed by atoms with van der Waals surface area (Å²) in [6.45, 7) is 0.465. The molecule has 2 rings (SSSR count). The number of carbonyl (C=O) groups excluding carboxylic acids is 1. The highest BCUT2D eigenvalue weighted by molar-refractivity contribution is 5.75. The van der Waals surface area contributed by atoms with Gasteiger partial charge in [0.2, 0.25) is 5.91 Å². The van der Waals surface area contributed by atoms with Crippen LogP contribution in [-0.2, 0) is 11.2 Å². The maximum Gasteiger partial charge on any atom is 0.222 e. The van der Waals surface area contributed by atoms with Gasteiger partial charge < -0.3 is 10.0 Å². The van der Waals surface area contributed by atoms with Gasteiger partial charge in [-0.2, -0.15) is 0 Å². The molecule has 1 atom stereocenters. The van der Waals surface area contributed by atoms with Gasteiger partial charge in [-0.25, -0.2) is 0 Å². The van der Waals surface area contributed by atoms with Gasteiger partial charge in [0, 0.05) is 31.9 Å². The number of amides is 1. The number of hydrogen-bond donors (Lipinski definition) is 1. The molecule has 1 heterocycles. The molecule has 4 nitrogen and oxygen atoms in total. The lowest BCUT2D eigenvalue weighted by molar-refractivity contribution is -0.131. The largest absolute Gasteiger partial charge is 0.391 e. The summed E-state index contributed by atoms with van der Waals surface area (Å²) >= 11 is 0. The normalized spacial score (nSPS) is 16.1. The van der Waals surface area contributed by atoms with Crippen LogP contribution in [0.3, 0.4) is 0 Å². The zero-order valence-electron chi connectivity index (χ0n) is 11.5. The van der Waals surface area contributed by atoms with Crippen molar-refractivity contribution in [2.45, 2.75) is 38.2 Å². The third-order valence-corrected chi connectivity index (χ3v) is 3.60. The molecule has 0 spiro atoms. The highest BCUT2D eigenvalue weighted by atomic mass is 16.3. The van der Waals surface area contributed by atoms with Crippen molar-refractivity contribution in [3.05, 3.63) is 30.1 Å². The maximum atomic E-state index is 11.9. The first kappa shape index (κ1) is 14.0. The third kappa shape index (κ3) is 4.63. The molecule has 1 unspecified atom stereocenters. The molecule has 4 heteroatoms. The number of pyridine rings is 1. The number of rotatable bonds is 7. The summed E-state index contributed by atoms with van der Waals surface area (Å²) < 4.78 is 0. The van der Waals surface area contributed by atoms with E-state index >= 15 is 0 Å². The van der Waals surface area contributed by atoms with E-state index < -0.39 is 0 Å². The van der Waals surface area contributed by atoms with Gasteiger partial charge in [0.15, 0.2) is 0 Å². The second kappa shape index (κ2) is 6.66. The van der Waals surface area contributed by atoms with Crippen molar-refractivity contribution >= 4 is 5.91 Å². The topological polar surface area (TPSA) is 53.4 Å². The highest BCUT2D eigenvalue weighted by Gasteiger charge is 2.30. The van der Waals surface area contributed by atoms with E-state index in [4.69, 9.17) is 0 Å². The molecule has 1 amide bonds. The van der Waals surface area contributed by atoms with Gasteiger partial charge in [0.05, 0.1) is 6.10 Å². The summed E-state index contributed by atoms with van der Waals surface area (Å²) in [5.74, 6) is 0.527. The number of likely N-dealkylation sites (N-methyl/N-ethyl adjacent to an activating group) is 1. The fourth-order valence-electron chi connectivity index (χ4n) is 2.17. The van der Waals surface area contributed by atoms with Gasteiger partial charge >= 0.3 is 0 Å². The molecule has 1 aliphatic rings. The van der Waals surface area contributed by atoms with E-state index in [1.54, 1.807) is 18.1 Å². The number of aryl methyl sites for hydroxylation is 1. The van der Waals surface area contributed by atoms with Crippen LogP contribution in [0.2, 0.25) is 0 Å². The first-order valence-electron chi connectivity index (χ1n) is 6.99. The third-order valence-electron chi connectivity index (χ3n) is 3.60. The zero-order chi connectivity index (χ0) is 13.7. The molecule has 1 saturated carbocycles. The van der Waals surface area contributed by atoms with Gasteiger partial charge in [-0.15, -0.1) is 0 Å². The Morgan fingerprint density at radius 3 is 2.95 bits per heavy atom. The maximum absolute atomic E-state index is 11.9. The number of nitrogens with zero attached hydrogens (tertiary/aromatic N) is 2. The molecule has 104 valence electrons. The number of aliphatic hydroxyl groups is 1. The summed E-state index contributed by atoms with van der Waals surface area (Å²) in [5.41, 5.74) is 1.02. The molecule has 1 aromatic heterocycles. The van der Waals surface area contributed by atoms with Crippen molar-refractivity contribution < 1.29 is 9.90 Å². The molecule has 0 saturated heterocycles. The fourth-order valence-corrected chi connectivity index (χ4v) is 2.17. The van der Waals surface area contributed by atoms with Crippen molar-refractivity contribution in [2.24, 2.45) is 5.92 Å². The van der Waals surface area contributed by atoms with Crippen LogP contribution in [0, 0.1) is 5.92 Å². The first-order valence-corrected chi connectivity index (χ1v) is 6.99. The van der Waals surface area contributed by atoms with Crippen LogP contribution in [0.15, 0.2) is 24.4 Å². The minimum atomic E-state index is -0.343. The minimum Gasteiger partial charge on any atom is -0.391 e. The van der Waals surface area contributed by atoms with Crippen LogP contribution in [-0.4, -0.2) is 40.6 Å². The summed E-state index contributed by atoms with van der Waals surface area (Å²) in [5, 5.41) is 9.81. The van der Waals surface area contributed by atoms with E-state index in [2.05, 4.69) is 4.98 Å². The summed E-state index contributed by atoms with van der Waals surface area (Å²) in [7, 11) is 1.77. The Kier molecular flexibility index (Phi) is 4.91. The molecule has 1 N–H and O–H groups in total. The van der Waals surface area contributed by atoms with E-state index in [0.29, 0.717) is 18.9 Å². The lowest BCUT2D eigenvalue weighted by atomic mass is 10.1. The molecule has 0 radical (unpaired) electrons. The fraction of sp³-hybridized carbons (Fsp3) is 0.600. The summed E-state index contributed by atoms with van der Waals surface area (Å²) in [6.07, 6.45) is 5.78. The SMILES string of the molecule is CN(CC(O)C1CC1)C(=O)CCCc1ccccn1. The summed E-state index contributed by atoms with van der Waals surface area (Å²) in [6, 6.07) is 5.83. The molecule has 0 aliphatic heterocycles. The molecule has 0 aromatic carbocycles. The van der Waals surface area contributed by atoms with E-state index in [1.165, 1.54) is 0 Å². The number of carbonyl (C=O) groups is 1. The van der Waals surface area contributed by atoms with Crippen molar-refractivity contribution in [3.8, 4) is 0 Å². The van der Waals surface area contributed by atoms with Crippen molar-refractivity contribution in [1.82, 2.24) is 9.88 Å². The Hall–Kier alpha value is -1.42. The number of aliphatic hydroxyl groups excluding tert-OH is 1. The van der Waals surface area contributed by atoms with Crippen molar-refractivity contribution in [3.63, 3.8) is 0 Å². The van der Waals surface area contributed by atoms with Crippen LogP contribution in [0.1, 0.15) is 31.4 Å². The predicted octanol–water partition coefficient (Wildman–Crippen LogP) is 1.63. The number of hydrogen-bond acceptors (Lipinski definition) is 3. The van der Waals surface area contributed by atoms with Crippen molar-refractivity contribution in [2.75, 3.05) is 13.6 Å². The lowest BCUT2D eigenvalue weighted by Crippen LogP contribution is -2.35. The van der Waals surface area contributed by atoms with Gasteiger partial charge in [-0.05, 0) is 43.7 Å². The first-order chi connectivity index (χ1) is 9.16. The Balaban J connectivity index is 1.65. The molecular formula is C15H22N2O2. The average molecular weight is 262 g/mol. The van der Waals surface area contributed by atoms with Crippen molar-refractivity contribution in [1.29, 1.82) is 0 Å². The Labute approximate surface area is 114 Å². The minimum absolute atomic E-state index is 0.107. The van der Waals surface area contributed by atoms with E-state index in [1.807, 2.05) is 18.2 Å². The lowest BCUT2D eigenvalue weighted by Gasteiger charge is -2.20. The standard InChI is InChI=1S/C15H22N2O2/c1-17(11-14(18)12-8-9-12)15(19)7-4-6-13-5-2-3-10-16-13/h2-3,5,10,12,14,18H,4,6-9,11H2,1H3. The molecule has 1 fully saturated rings. The zero-order valence-corrected chi connectivity index (χ0v) is 11.5. The van der Waals surface area contributed by atoms with E-state index in [-0.39, 0.29) is 12.0 Å². The Morgan fingerprint density at radius 1 is 1.53 bits per heavy atom. The molecule has 1 aliphatic carbocycles. The van der Waals surface area contributed by atoms with Gasteiger partial charge in [0.25, 0.3) is 0 Å². The van der Waals surface area contributed by atoms with Crippen LogP contribution < -0.4 is 0 Å². The van der Waals surface area contributed by atoms with Gasteiger partial charge in [-0.3, -0.25) is 9.78 Å². The molecule has 1 aromatic rings. The predicted molar refractivity (Wildman–Crippen MR) is 73.5 cm³/mol. The van der Waals surface area contributed by atoms with Crippen LogP contribution in [0.5, 0.6) is 0 Å².